The maximum atomic E-state index is 16.4. The average Bonchev–Trinajstić information content (AvgIpc) is 2.72. The highest BCUT2D eigenvalue weighted by Gasteiger charge is 2.68. The third-order valence-electron chi connectivity index (χ3n) is 8.57. The minimum absolute atomic E-state index is 0.0130. The first-order valence-electron chi connectivity index (χ1n) is 9.27. The highest BCUT2D eigenvalue weighted by Crippen LogP contribution is 2.68. The Balaban J connectivity index is 1.79. The molecule has 0 amide bonds. The van der Waals surface area contributed by atoms with Gasteiger partial charge in [-0.05, 0) is 50.9 Å². The van der Waals surface area contributed by atoms with Gasteiger partial charge in [-0.2, -0.15) is 0 Å². The molecule has 3 saturated carbocycles. The number of hydrogen-bond donors (Lipinski definition) is 1. The lowest BCUT2D eigenvalue weighted by atomic mass is 9.45. The molecule has 2 nitrogen and oxygen atoms in total. The highest BCUT2D eigenvalue weighted by atomic mass is 19.1. The van der Waals surface area contributed by atoms with Crippen molar-refractivity contribution in [2.75, 3.05) is 0 Å². The van der Waals surface area contributed by atoms with Crippen LogP contribution in [-0.2, 0) is 4.79 Å². The molecule has 7 atom stereocenters. The van der Waals surface area contributed by atoms with Gasteiger partial charge in [0, 0.05) is 29.6 Å². The number of hydrogen-bond acceptors (Lipinski definition) is 2. The second-order valence-electron chi connectivity index (χ2n) is 9.34. The van der Waals surface area contributed by atoms with Crippen molar-refractivity contribution in [3.05, 3.63) is 12.2 Å². The van der Waals surface area contributed by atoms with Crippen LogP contribution >= 0.6 is 0 Å². The van der Waals surface area contributed by atoms with Gasteiger partial charge in [0.1, 0.15) is 11.5 Å². The summed E-state index contributed by atoms with van der Waals surface area (Å²) in [5.74, 6) is 0.688. The molecule has 128 valence electrons. The third kappa shape index (κ3) is 1.75. The molecule has 1 N–H and O–H groups in total. The quantitative estimate of drug-likeness (QED) is 0.679. The normalized spacial score (nSPS) is 58.5. The summed E-state index contributed by atoms with van der Waals surface area (Å²) in [5.41, 5.74) is -2.80. The van der Waals surface area contributed by atoms with Crippen LogP contribution in [-0.4, -0.2) is 22.2 Å². The van der Waals surface area contributed by atoms with Crippen LogP contribution in [0.25, 0.3) is 0 Å². The van der Waals surface area contributed by atoms with Gasteiger partial charge in [-0.3, -0.25) is 4.79 Å². The summed E-state index contributed by atoms with van der Waals surface area (Å²) in [7, 11) is 0. The molecular weight excluding hydrogens is 291 g/mol. The van der Waals surface area contributed by atoms with E-state index < -0.39 is 16.7 Å². The van der Waals surface area contributed by atoms with E-state index in [9.17, 15) is 9.90 Å². The molecule has 0 saturated heterocycles. The van der Waals surface area contributed by atoms with Gasteiger partial charge in [0.2, 0.25) is 0 Å². The van der Waals surface area contributed by atoms with E-state index in [0.717, 1.165) is 25.7 Å². The number of alkyl halides is 1. The van der Waals surface area contributed by atoms with Crippen LogP contribution in [0.15, 0.2) is 12.2 Å². The Labute approximate surface area is 138 Å². The van der Waals surface area contributed by atoms with Gasteiger partial charge < -0.3 is 5.11 Å². The number of Topliss-reactive ketones (excluding diaryl/α,β-unsaturated/α-hetero) is 1. The summed E-state index contributed by atoms with van der Waals surface area (Å²) in [5, 5.41) is 10.8. The first-order valence-corrected chi connectivity index (χ1v) is 9.27. The minimum atomic E-state index is -1.32. The third-order valence-corrected chi connectivity index (χ3v) is 8.57. The molecule has 0 aromatic heterocycles. The van der Waals surface area contributed by atoms with Crippen LogP contribution < -0.4 is 0 Å². The van der Waals surface area contributed by atoms with E-state index in [4.69, 9.17) is 0 Å². The van der Waals surface area contributed by atoms with Crippen LogP contribution in [0.3, 0.4) is 0 Å². The second kappa shape index (κ2) is 4.47. The number of rotatable bonds is 0. The monoisotopic (exact) mass is 320 g/mol. The molecule has 4 rings (SSSR count). The zero-order valence-corrected chi connectivity index (χ0v) is 14.6. The lowest BCUT2D eigenvalue weighted by Gasteiger charge is -2.61. The van der Waals surface area contributed by atoms with Crippen LogP contribution in [0.1, 0.15) is 65.7 Å². The van der Waals surface area contributed by atoms with Crippen molar-refractivity contribution in [3.63, 3.8) is 0 Å². The fraction of sp³-hybridized carbons (Fsp3) is 0.850. The van der Waals surface area contributed by atoms with Gasteiger partial charge >= 0.3 is 0 Å². The van der Waals surface area contributed by atoms with E-state index in [1.165, 1.54) is 0 Å². The number of fused-ring (bicyclic) bond motifs is 5. The van der Waals surface area contributed by atoms with Crippen LogP contribution in [0.5, 0.6) is 0 Å². The zero-order chi connectivity index (χ0) is 16.7. The molecule has 0 bridgehead atoms. The van der Waals surface area contributed by atoms with E-state index >= 15 is 4.39 Å². The molecule has 0 heterocycles. The maximum Gasteiger partial charge on any atom is 0.137 e. The van der Waals surface area contributed by atoms with Gasteiger partial charge in [0.15, 0.2) is 0 Å². The molecule has 4 unspecified atom stereocenters. The predicted molar refractivity (Wildman–Crippen MR) is 87.6 cm³/mol. The number of carbonyl (C=O) groups is 1. The number of aliphatic hydroxyl groups is 1. The number of ketones is 1. The molecule has 3 fully saturated rings. The summed E-state index contributed by atoms with van der Waals surface area (Å²) < 4.78 is 16.4. The summed E-state index contributed by atoms with van der Waals surface area (Å²) >= 11 is 0. The molecule has 0 spiro atoms. The Hall–Kier alpha value is -0.700. The number of halogens is 1. The standard InChI is InChI=1S/C20H29FO2/c1-17-8-6-14(22)12-13(17)4-5-16-15-7-9-19(3,23)18(15,2)10-11-20(16,17)21/h10-11,13,15-16,23H,4-9,12H2,1-3H3/t13-,15?,16?,17?,18?,19+,20-/m0/s1. The van der Waals surface area contributed by atoms with E-state index in [0.29, 0.717) is 25.0 Å². The highest BCUT2D eigenvalue weighted by molar-refractivity contribution is 5.79. The maximum absolute atomic E-state index is 16.4. The second-order valence-corrected chi connectivity index (χ2v) is 9.34. The fourth-order valence-corrected chi connectivity index (χ4v) is 6.57. The molecule has 3 heteroatoms. The molecule has 0 aromatic carbocycles. The van der Waals surface area contributed by atoms with E-state index in [2.05, 4.69) is 13.8 Å². The Morgan fingerprint density at radius 2 is 1.83 bits per heavy atom. The first-order chi connectivity index (χ1) is 10.6. The van der Waals surface area contributed by atoms with Crippen LogP contribution in [0.2, 0.25) is 0 Å². The molecule has 23 heavy (non-hydrogen) atoms. The Morgan fingerprint density at radius 1 is 1.09 bits per heavy atom. The zero-order valence-electron chi connectivity index (χ0n) is 14.6. The average molecular weight is 320 g/mol. The summed E-state index contributed by atoms with van der Waals surface area (Å²) in [4.78, 5) is 11.9. The molecule has 4 aliphatic carbocycles. The Bertz CT molecular complexity index is 582. The van der Waals surface area contributed by atoms with Gasteiger partial charge in [-0.25, -0.2) is 4.39 Å². The Kier molecular flexibility index (Phi) is 3.07. The largest absolute Gasteiger partial charge is 0.389 e. The number of carbonyl (C=O) groups excluding carboxylic acids is 1. The van der Waals surface area contributed by atoms with Gasteiger partial charge in [0.25, 0.3) is 0 Å². The van der Waals surface area contributed by atoms with Gasteiger partial charge in [0.05, 0.1) is 5.60 Å². The van der Waals surface area contributed by atoms with Crippen LogP contribution in [0, 0.1) is 28.6 Å². The summed E-state index contributed by atoms with van der Waals surface area (Å²) in [6.07, 6.45) is 9.02. The van der Waals surface area contributed by atoms with Crippen molar-refractivity contribution < 1.29 is 14.3 Å². The fourth-order valence-electron chi connectivity index (χ4n) is 6.57. The minimum Gasteiger partial charge on any atom is -0.389 e. The smallest absolute Gasteiger partial charge is 0.137 e. The van der Waals surface area contributed by atoms with Crippen molar-refractivity contribution in [2.24, 2.45) is 28.6 Å². The SMILES string of the molecule is CC12C=C[C@]3(F)C(CC[C@H]4CC(=O)CCC43C)C1CC[C@@]2(C)O. The predicted octanol–water partition coefficient (Wildman–Crippen LogP) is 4.22. The van der Waals surface area contributed by atoms with E-state index in [-0.39, 0.29) is 23.2 Å². The molecular formula is C20H29FO2. The van der Waals surface area contributed by atoms with Crippen molar-refractivity contribution in [1.82, 2.24) is 0 Å². The topological polar surface area (TPSA) is 37.3 Å². The lowest BCUT2D eigenvalue weighted by Crippen LogP contribution is -2.62. The van der Waals surface area contributed by atoms with Crippen molar-refractivity contribution in [3.8, 4) is 0 Å². The van der Waals surface area contributed by atoms with E-state index in [1.54, 1.807) is 6.08 Å². The van der Waals surface area contributed by atoms with Crippen LogP contribution in [0.4, 0.5) is 4.39 Å². The van der Waals surface area contributed by atoms with Crippen molar-refractivity contribution >= 4 is 5.78 Å². The van der Waals surface area contributed by atoms with Gasteiger partial charge in [-0.15, -0.1) is 0 Å². The molecule has 0 aliphatic heterocycles. The summed E-state index contributed by atoms with van der Waals surface area (Å²) in [6.45, 7) is 6.10. The van der Waals surface area contributed by atoms with E-state index in [1.807, 2.05) is 13.0 Å². The first kappa shape index (κ1) is 15.8. The molecule has 0 aromatic rings. The molecule has 4 aliphatic rings. The number of allylic oxidation sites excluding steroid dienone is 1. The summed E-state index contributed by atoms with van der Waals surface area (Å²) in [6, 6.07) is 0. The van der Waals surface area contributed by atoms with Crippen molar-refractivity contribution in [2.45, 2.75) is 77.0 Å². The lowest BCUT2D eigenvalue weighted by molar-refractivity contribution is -0.158. The Morgan fingerprint density at radius 3 is 2.57 bits per heavy atom. The van der Waals surface area contributed by atoms with Crippen molar-refractivity contribution in [1.29, 1.82) is 0 Å². The van der Waals surface area contributed by atoms with Gasteiger partial charge in [-0.1, -0.05) is 26.0 Å². The molecule has 0 radical (unpaired) electrons.